The van der Waals surface area contributed by atoms with Crippen molar-refractivity contribution in [2.75, 3.05) is 19.0 Å². The first-order chi connectivity index (χ1) is 7.18. The van der Waals surface area contributed by atoms with Gasteiger partial charge >= 0.3 is 0 Å². The third-order valence-electron chi connectivity index (χ3n) is 2.24. The van der Waals surface area contributed by atoms with Crippen molar-refractivity contribution in [2.24, 2.45) is 0 Å². The van der Waals surface area contributed by atoms with Crippen molar-refractivity contribution < 1.29 is 4.39 Å². The fourth-order valence-corrected chi connectivity index (χ4v) is 1.45. The van der Waals surface area contributed by atoms with Gasteiger partial charge in [-0.2, -0.15) is 0 Å². The number of rotatable bonds is 2. The molecule has 0 spiro atoms. The average Bonchev–Trinajstić information content (AvgIpc) is 2.69. The Balaban J connectivity index is 2.42. The molecule has 1 N–H and O–H groups in total. The number of nitrogens with zero attached hydrogens (tertiary/aromatic N) is 2. The summed E-state index contributed by atoms with van der Waals surface area (Å²) in [6.07, 6.45) is 3.25. The summed E-state index contributed by atoms with van der Waals surface area (Å²) in [7, 11) is 3.63. The Kier molecular flexibility index (Phi) is 2.41. The van der Waals surface area contributed by atoms with Gasteiger partial charge in [0.05, 0.1) is 23.9 Å². The van der Waals surface area contributed by atoms with Crippen molar-refractivity contribution in [1.82, 2.24) is 9.97 Å². The summed E-state index contributed by atoms with van der Waals surface area (Å²) in [6.45, 7) is 0. The van der Waals surface area contributed by atoms with Gasteiger partial charge in [0.25, 0.3) is 0 Å². The van der Waals surface area contributed by atoms with Crippen LogP contribution in [0.4, 0.5) is 10.1 Å². The SMILES string of the molecule is CN(C)c1ccc(-c2cnc[nH]2)cc1F. The summed E-state index contributed by atoms with van der Waals surface area (Å²) in [6, 6.07) is 5.13. The summed E-state index contributed by atoms with van der Waals surface area (Å²) in [5, 5.41) is 0. The molecule has 15 heavy (non-hydrogen) atoms. The lowest BCUT2D eigenvalue weighted by molar-refractivity contribution is 0.626. The molecule has 1 aromatic heterocycles. The predicted molar refractivity (Wildman–Crippen MR) is 58.3 cm³/mol. The fraction of sp³-hybridized carbons (Fsp3) is 0.182. The lowest BCUT2D eigenvalue weighted by Crippen LogP contribution is -2.10. The van der Waals surface area contributed by atoms with Gasteiger partial charge in [0.1, 0.15) is 5.82 Å². The Labute approximate surface area is 87.6 Å². The Bertz CT molecular complexity index is 449. The van der Waals surface area contributed by atoms with E-state index in [0.717, 1.165) is 11.3 Å². The molecule has 0 radical (unpaired) electrons. The molecule has 78 valence electrons. The average molecular weight is 205 g/mol. The van der Waals surface area contributed by atoms with Crippen LogP contribution >= 0.6 is 0 Å². The molecule has 0 atom stereocenters. The van der Waals surface area contributed by atoms with Crippen molar-refractivity contribution in [3.8, 4) is 11.3 Å². The van der Waals surface area contributed by atoms with E-state index < -0.39 is 0 Å². The van der Waals surface area contributed by atoms with Gasteiger partial charge in [-0.3, -0.25) is 0 Å². The molecule has 2 aromatic rings. The first kappa shape index (κ1) is 9.71. The number of benzene rings is 1. The fourth-order valence-electron chi connectivity index (χ4n) is 1.45. The number of halogens is 1. The van der Waals surface area contributed by atoms with Gasteiger partial charge in [0, 0.05) is 19.7 Å². The topological polar surface area (TPSA) is 31.9 Å². The maximum absolute atomic E-state index is 13.6. The standard InChI is InChI=1S/C11H12FN3/c1-15(2)11-4-3-8(5-9(11)12)10-6-13-7-14-10/h3-7H,1-2H3,(H,13,14). The normalized spacial score (nSPS) is 10.3. The number of anilines is 1. The van der Waals surface area contributed by atoms with E-state index in [2.05, 4.69) is 9.97 Å². The Morgan fingerprint density at radius 2 is 2.13 bits per heavy atom. The van der Waals surface area contributed by atoms with Crippen LogP contribution in [0.25, 0.3) is 11.3 Å². The van der Waals surface area contributed by atoms with Crippen LogP contribution in [0.5, 0.6) is 0 Å². The number of H-pyrrole nitrogens is 1. The highest BCUT2D eigenvalue weighted by Crippen LogP contribution is 2.23. The Morgan fingerprint density at radius 3 is 2.67 bits per heavy atom. The van der Waals surface area contributed by atoms with Gasteiger partial charge in [0.15, 0.2) is 0 Å². The number of imidazole rings is 1. The maximum atomic E-state index is 13.6. The maximum Gasteiger partial charge on any atom is 0.147 e. The lowest BCUT2D eigenvalue weighted by atomic mass is 10.1. The number of hydrogen-bond donors (Lipinski definition) is 1. The van der Waals surface area contributed by atoms with Gasteiger partial charge < -0.3 is 9.88 Å². The summed E-state index contributed by atoms with van der Waals surface area (Å²) in [5.41, 5.74) is 2.20. The van der Waals surface area contributed by atoms with Crippen LogP contribution in [-0.4, -0.2) is 24.1 Å². The first-order valence-corrected chi connectivity index (χ1v) is 4.64. The van der Waals surface area contributed by atoms with Crippen LogP contribution in [0.15, 0.2) is 30.7 Å². The van der Waals surface area contributed by atoms with Gasteiger partial charge in [-0.05, 0) is 12.1 Å². The minimum atomic E-state index is -0.230. The predicted octanol–water partition coefficient (Wildman–Crippen LogP) is 2.28. The molecule has 0 aliphatic rings. The monoisotopic (exact) mass is 205 g/mol. The molecule has 1 heterocycles. The first-order valence-electron chi connectivity index (χ1n) is 4.64. The van der Waals surface area contributed by atoms with Crippen molar-refractivity contribution in [1.29, 1.82) is 0 Å². The molecular formula is C11H12FN3. The van der Waals surface area contributed by atoms with E-state index in [0.29, 0.717) is 5.69 Å². The number of aromatic amines is 1. The number of aromatic nitrogens is 2. The van der Waals surface area contributed by atoms with Gasteiger partial charge in [-0.25, -0.2) is 9.37 Å². The van der Waals surface area contributed by atoms with Crippen molar-refractivity contribution >= 4 is 5.69 Å². The second kappa shape index (κ2) is 3.73. The highest BCUT2D eigenvalue weighted by molar-refractivity contribution is 5.62. The van der Waals surface area contributed by atoms with E-state index in [1.807, 2.05) is 20.2 Å². The molecule has 1 aromatic carbocycles. The van der Waals surface area contributed by atoms with Crippen LogP contribution in [0.3, 0.4) is 0 Å². The third kappa shape index (κ3) is 1.83. The van der Waals surface area contributed by atoms with Crippen molar-refractivity contribution in [2.45, 2.75) is 0 Å². The smallest absolute Gasteiger partial charge is 0.147 e. The molecule has 0 aliphatic carbocycles. The molecule has 0 unspecified atom stereocenters. The second-order valence-electron chi connectivity index (χ2n) is 3.53. The zero-order valence-corrected chi connectivity index (χ0v) is 8.66. The van der Waals surface area contributed by atoms with Crippen LogP contribution in [0.2, 0.25) is 0 Å². The Morgan fingerprint density at radius 1 is 1.33 bits per heavy atom. The van der Waals surface area contributed by atoms with Gasteiger partial charge in [-0.1, -0.05) is 6.07 Å². The molecule has 2 rings (SSSR count). The summed E-state index contributed by atoms with van der Waals surface area (Å²) < 4.78 is 13.6. The van der Waals surface area contributed by atoms with E-state index in [1.165, 1.54) is 6.07 Å². The summed E-state index contributed by atoms with van der Waals surface area (Å²) >= 11 is 0. The molecule has 0 bridgehead atoms. The van der Waals surface area contributed by atoms with E-state index in [4.69, 9.17) is 0 Å². The minimum absolute atomic E-state index is 0.230. The highest BCUT2D eigenvalue weighted by atomic mass is 19.1. The largest absolute Gasteiger partial charge is 0.375 e. The molecule has 3 nitrogen and oxygen atoms in total. The second-order valence-corrected chi connectivity index (χ2v) is 3.53. The van der Waals surface area contributed by atoms with E-state index >= 15 is 0 Å². The van der Waals surface area contributed by atoms with Crippen LogP contribution in [0, 0.1) is 5.82 Å². The molecule has 4 heteroatoms. The van der Waals surface area contributed by atoms with Gasteiger partial charge in [-0.15, -0.1) is 0 Å². The molecule has 0 amide bonds. The van der Waals surface area contributed by atoms with Gasteiger partial charge in [0.2, 0.25) is 0 Å². The Hall–Kier alpha value is -1.84. The zero-order chi connectivity index (χ0) is 10.8. The van der Waals surface area contributed by atoms with Crippen molar-refractivity contribution in [3.05, 3.63) is 36.5 Å². The molecule has 0 saturated carbocycles. The van der Waals surface area contributed by atoms with E-state index in [1.54, 1.807) is 23.5 Å². The molecule has 0 aliphatic heterocycles. The van der Waals surface area contributed by atoms with E-state index in [9.17, 15) is 4.39 Å². The number of nitrogens with one attached hydrogen (secondary N) is 1. The lowest BCUT2D eigenvalue weighted by Gasteiger charge is -2.13. The molecule has 0 saturated heterocycles. The number of hydrogen-bond acceptors (Lipinski definition) is 2. The molecular weight excluding hydrogens is 193 g/mol. The molecule has 0 fully saturated rings. The summed E-state index contributed by atoms with van der Waals surface area (Å²) in [5.74, 6) is -0.230. The van der Waals surface area contributed by atoms with E-state index in [-0.39, 0.29) is 5.82 Å². The summed E-state index contributed by atoms with van der Waals surface area (Å²) in [4.78, 5) is 8.58. The van der Waals surface area contributed by atoms with Crippen LogP contribution < -0.4 is 4.90 Å². The third-order valence-corrected chi connectivity index (χ3v) is 2.24. The minimum Gasteiger partial charge on any atom is -0.375 e. The van der Waals surface area contributed by atoms with Crippen LogP contribution in [0.1, 0.15) is 0 Å². The quantitative estimate of drug-likeness (QED) is 0.815. The van der Waals surface area contributed by atoms with Crippen molar-refractivity contribution in [3.63, 3.8) is 0 Å². The van der Waals surface area contributed by atoms with Crippen LogP contribution in [-0.2, 0) is 0 Å². The highest BCUT2D eigenvalue weighted by Gasteiger charge is 2.06. The zero-order valence-electron chi connectivity index (χ0n) is 8.66.